The molecule has 2 heterocycles. The molecule has 0 amide bonds. The first-order chi connectivity index (χ1) is 11.6. The summed E-state index contributed by atoms with van der Waals surface area (Å²) in [6.07, 6.45) is 0.640. The molecule has 0 aromatic heterocycles. The van der Waals surface area contributed by atoms with Crippen molar-refractivity contribution in [2.75, 3.05) is 26.3 Å². The molecule has 144 valence electrons. The molecule has 0 aromatic carbocycles. The SMILES string of the molecule is N[C@H]1COC[C@@H]1NS(=O)(=O)N1C[C@H](CCCB(O)O)[C@](N)(C(=O)O)C1. The summed E-state index contributed by atoms with van der Waals surface area (Å²) in [4.78, 5) is 11.6. The van der Waals surface area contributed by atoms with Crippen molar-refractivity contribution in [3.8, 4) is 0 Å². The molecule has 0 aromatic rings. The number of carboxylic acids is 1. The number of carbonyl (C=O) groups is 1. The molecule has 0 spiro atoms. The largest absolute Gasteiger partial charge is 0.480 e. The van der Waals surface area contributed by atoms with Crippen molar-refractivity contribution in [2.45, 2.75) is 36.8 Å². The second-order valence-corrected chi connectivity index (χ2v) is 8.38. The summed E-state index contributed by atoms with van der Waals surface area (Å²) >= 11 is 0. The Balaban J connectivity index is 2.07. The molecule has 0 saturated carbocycles. The first-order valence-electron chi connectivity index (χ1n) is 8.05. The average Bonchev–Trinajstić information content (AvgIpc) is 3.04. The maximum absolute atomic E-state index is 12.5. The van der Waals surface area contributed by atoms with Gasteiger partial charge in [0.15, 0.2) is 0 Å². The summed E-state index contributed by atoms with van der Waals surface area (Å²) in [5, 5.41) is 27.3. The van der Waals surface area contributed by atoms with Crippen LogP contribution in [0.1, 0.15) is 12.8 Å². The highest BCUT2D eigenvalue weighted by Crippen LogP contribution is 2.32. The predicted octanol–water partition coefficient (Wildman–Crippen LogP) is -3.49. The van der Waals surface area contributed by atoms with Gasteiger partial charge < -0.3 is 31.4 Å². The average molecular weight is 380 g/mol. The Kier molecular flexibility index (Phi) is 6.43. The molecule has 2 rings (SSSR count). The standard InChI is InChI=1S/C12H25BN4O7S/c14-9-5-24-6-10(9)16-25(22,23)17-4-8(2-1-3-13(20)21)12(15,7-17)11(18)19/h8-10,16,20-21H,1-7,14-15H2,(H,18,19)/t8-,9-,10-,12-/m0/s1. The molecule has 2 saturated heterocycles. The highest BCUT2D eigenvalue weighted by Gasteiger charge is 2.52. The van der Waals surface area contributed by atoms with Crippen LogP contribution < -0.4 is 16.2 Å². The molecule has 2 fully saturated rings. The zero-order chi connectivity index (χ0) is 18.8. The van der Waals surface area contributed by atoms with E-state index in [1.807, 2.05) is 0 Å². The number of carboxylic acid groups (broad SMARTS) is 1. The van der Waals surface area contributed by atoms with Gasteiger partial charge in [-0.3, -0.25) is 4.79 Å². The number of nitrogens with one attached hydrogen (secondary N) is 1. The van der Waals surface area contributed by atoms with Crippen molar-refractivity contribution in [3.05, 3.63) is 0 Å². The van der Waals surface area contributed by atoms with Crippen molar-refractivity contribution >= 4 is 23.3 Å². The minimum Gasteiger partial charge on any atom is -0.480 e. The number of nitrogens with two attached hydrogens (primary N) is 2. The third-order valence-electron chi connectivity index (χ3n) is 4.77. The molecule has 0 unspecified atom stereocenters. The molecule has 13 heteroatoms. The molecular weight excluding hydrogens is 355 g/mol. The van der Waals surface area contributed by atoms with Gasteiger partial charge in [-0.05, 0) is 12.7 Å². The maximum Gasteiger partial charge on any atom is 0.451 e. The van der Waals surface area contributed by atoms with Crippen LogP contribution in [0.15, 0.2) is 0 Å². The Morgan fingerprint density at radius 1 is 1.40 bits per heavy atom. The van der Waals surface area contributed by atoms with E-state index in [2.05, 4.69) is 4.72 Å². The number of rotatable bonds is 8. The van der Waals surface area contributed by atoms with Gasteiger partial charge in [-0.25, -0.2) is 0 Å². The fourth-order valence-electron chi connectivity index (χ4n) is 3.17. The fourth-order valence-corrected chi connectivity index (χ4v) is 4.71. The lowest BCUT2D eigenvalue weighted by molar-refractivity contribution is -0.144. The van der Waals surface area contributed by atoms with Crippen LogP contribution in [0.25, 0.3) is 0 Å². The lowest BCUT2D eigenvalue weighted by Crippen LogP contribution is -2.56. The van der Waals surface area contributed by atoms with E-state index in [-0.39, 0.29) is 39.0 Å². The van der Waals surface area contributed by atoms with Crippen LogP contribution in [-0.4, -0.2) is 84.9 Å². The van der Waals surface area contributed by atoms with Crippen molar-refractivity contribution in [1.29, 1.82) is 0 Å². The normalized spacial score (nSPS) is 33.7. The second kappa shape index (κ2) is 7.84. The van der Waals surface area contributed by atoms with E-state index >= 15 is 0 Å². The fraction of sp³-hybridized carbons (Fsp3) is 0.917. The third-order valence-corrected chi connectivity index (χ3v) is 6.33. The van der Waals surface area contributed by atoms with E-state index in [1.54, 1.807) is 0 Å². The van der Waals surface area contributed by atoms with Crippen LogP contribution in [0.4, 0.5) is 0 Å². The van der Waals surface area contributed by atoms with Gasteiger partial charge in [0.1, 0.15) is 5.54 Å². The summed E-state index contributed by atoms with van der Waals surface area (Å²) in [5.74, 6) is -1.94. The van der Waals surface area contributed by atoms with Gasteiger partial charge in [-0.15, -0.1) is 0 Å². The monoisotopic (exact) mass is 380 g/mol. The van der Waals surface area contributed by atoms with Gasteiger partial charge >= 0.3 is 13.1 Å². The molecule has 2 aliphatic heterocycles. The van der Waals surface area contributed by atoms with E-state index in [9.17, 15) is 18.3 Å². The summed E-state index contributed by atoms with van der Waals surface area (Å²) in [7, 11) is -5.47. The Morgan fingerprint density at radius 3 is 2.60 bits per heavy atom. The highest BCUT2D eigenvalue weighted by molar-refractivity contribution is 7.87. The van der Waals surface area contributed by atoms with Crippen LogP contribution in [0, 0.1) is 5.92 Å². The van der Waals surface area contributed by atoms with E-state index in [1.165, 1.54) is 0 Å². The zero-order valence-electron chi connectivity index (χ0n) is 13.7. The number of hydrogen-bond acceptors (Lipinski definition) is 8. The Hall–Kier alpha value is -0.795. The van der Waals surface area contributed by atoms with Gasteiger partial charge in [-0.1, -0.05) is 6.42 Å². The van der Waals surface area contributed by atoms with Crippen molar-refractivity contribution < 1.29 is 33.1 Å². The van der Waals surface area contributed by atoms with Crippen LogP contribution >= 0.6 is 0 Å². The lowest BCUT2D eigenvalue weighted by Gasteiger charge is -2.25. The number of nitrogens with zero attached hydrogens (tertiary/aromatic N) is 1. The Labute approximate surface area is 146 Å². The second-order valence-electron chi connectivity index (χ2n) is 6.68. The molecule has 4 atom stereocenters. The van der Waals surface area contributed by atoms with Gasteiger partial charge in [-0.2, -0.15) is 17.4 Å². The van der Waals surface area contributed by atoms with Crippen LogP contribution in [0.3, 0.4) is 0 Å². The molecular formula is C12H25BN4O7S. The lowest BCUT2D eigenvalue weighted by atomic mass is 9.78. The highest BCUT2D eigenvalue weighted by atomic mass is 32.2. The Bertz CT molecular complexity index is 592. The van der Waals surface area contributed by atoms with Gasteiger partial charge in [0.2, 0.25) is 0 Å². The molecule has 8 N–H and O–H groups in total. The van der Waals surface area contributed by atoms with Crippen molar-refractivity contribution in [2.24, 2.45) is 17.4 Å². The maximum atomic E-state index is 12.5. The van der Waals surface area contributed by atoms with Crippen LogP contribution in [0.2, 0.25) is 6.32 Å². The minimum atomic E-state index is -3.97. The molecule has 2 aliphatic rings. The van der Waals surface area contributed by atoms with E-state index in [4.69, 9.17) is 26.3 Å². The molecule has 0 radical (unpaired) electrons. The zero-order valence-corrected chi connectivity index (χ0v) is 14.6. The summed E-state index contributed by atoms with van der Waals surface area (Å²) < 4.78 is 33.7. The smallest absolute Gasteiger partial charge is 0.451 e. The Morgan fingerprint density at radius 2 is 2.08 bits per heavy atom. The first-order valence-corrected chi connectivity index (χ1v) is 9.49. The van der Waals surface area contributed by atoms with E-state index in [0.29, 0.717) is 6.42 Å². The topological polar surface area (TPSA) is 188 Å². The van der Waals surface area contributed by atoms with Crippen molar-refractivity contribution in [3.63, 3.8) is 0 Å². The minimum absolute atomic E-state index is 0.0610. The molecule has 0 bridgehead atoms. The summed E-state index contributed by atoms with van der Waals surface area (Å²) in [5.41, 5.74) is 10.0. The van der Waals surface area contributed by atoms with Gasteiger partial charge in [0, 0.05) is 25.0 Å². The third kappa shape index (κ3) is 4.68. The van der Waals surface area contributed by atoms with Crippen molar-refractivity contribution in [1.82, 2.24) is 9.03 Å². The van der Waals surface area contributed by atoms with Gasteiger partial charge in [0.25, 0.3) is 10.2 Å². The van der Waals surface area contributed by atoms with Gasteiger partial charge in [0.05, 0.1) is 19.3 Å². The number of aliphatic carboxylic acids is 1. The quantitative estimate of drug-likeness (QED) is 0.232. The molecule has 11 nitrogen and oxygen atoms in total. The van der Waals surface area contributed by atoms with E-state index in [0.717, 1.165) is 4.31 Å². The number of ether oxygens (including phenoxy) is 1. The van der Waals surface area contributed by atoms with Crippen LogP contribution in [0.5, 0.6) is 0 Å². The molecule has 25 heavy (non-hydrogen) atoms. The predicted molar refractivity (Wildman–Crippen MR) is 88.5 cm³/mol. The number of hydrogen-bond donors (Lipinski definition) is 6. The summed E-state index contributed by atoms with van der Waals surface area (Å²) in [6.45, 7) is -0.0384. The molecule has 0 aliphatic carbocycles. The summed E-state index contributed by atoms with van der Waals surface area (Å²) in [6, 6.07) is -1.05. The van der Waals surface area contributed by atoms with E-state index < -0.39 is 46.8 Å². The van der Waals surface area contributed by atoms with Crippen LogP contribution in [-0.2, 0) is 19.7 Å². The first kappa shape index (κ1) is 20.5.